The lowest BCUT2D eigenvalue weighted by atomic mass is 9.83. The zero-order valence-corrected chi connectivity index (χ0v) is 12.9. The number of nitrogens with zero attached hydrogens (tertiary/aromatic N) is 2. The summed E-state index contributed by atoms with van der Waals surface area (Å²) in [6.45, 7) is 6.22. The SMILES string of the molecule is CCN1c2ccc(Br)cc2C2(C)CCOCN2C1O. The molecule has 0 bridgehead atoms. The zero-order valence-electron chi connectivity index (χ0n) is 11.3. The average Bonchev–Trinajstić information content (AvgIpc) is 2.40. The number of hydrogen-bond acceptors (Lipinski definition) is 4. The summed E-state index contributed by atoms with van der Waals surface area (Å²) in [4.78, 5) is 4.05. The van der Waals surface area contributed by atoms with Crippen molar-refractivity contribution in [3.8, 4) is 0 Å². The maximum absolute atomic E-state index is 10.6. The van der Waals surface area contributed by atoms with Crippen molar-refractivity contribution in [2.75, 3.05) is 24.8 Å². The summed E-state index contributed by atoms with van der Waals surface area (Å²) in [5.41, 5.74) is 2.22. The molecule has 0 aromatic heterocycles. The minimum atomic E-state index is -0.621. The number of benzene rings is 1. The number of halogens is 1. The molecule has 0 saturated carbocycles. The van der Waals surface area contributed by atoms with Crippen LogP contribution in [0.5, 0.6) is 0 Å². The van der Waals surface area contributed by atoms with E-state index < -0.39 is 6.35 Å². The third-order valence-corrected chi connectivity index (χ3v) is 4.84. The minimum absolute atomic E-state index is 0.164. The first-order valence-electron chi connectivity index (χ1n) is 6.67. The Morgan fingerprint density at radius 1 is 1.53 bits per heavy atom. The van der Waals surface area contributed by atoms with Gasteiger partial charge in [-0.15, -0.1) is 0 Å². The van der Waals surface area contributed by atoms with Crippen LogP contribution in [-0.2, 0) is 10.3 Å². The van der Waals surface area contributed by atoms with E-state index in [1.807, 2.05) is 15.9 Å². The van der Waals surface area contributed by atoms with Gasteiger partial charge in [0.1, 0.15) is 6.73 Å². The molecule has 1 N–H and O–H groups in total. The van der Waals surface area contributed by atoms with Crippen LogP contribution in [0, 0.1) is 0 Å². The molecule has 2 aliphatic heterocycles. The highest BCUT2D eigenvalue weighted by Crippen LogP contribution is 2.46. The molecule has 5 heteroatoms. The van der Waals surface area contributed by atoms with Crippen molar-refractivity contribution in [3.63, 3.8) is 0 Å². The smallest absolute Gasteiger partial charge is 0.189 e. The first-order valence-corrected chi connectivity index (χ1v) is 7.46. The molecule has 2 heterocycles. The molecular formula is C14H19BrN2O2. The number of ether oxygens (including phenoxy) is 1. The molecule has 0 radical (unpaired) electrons. The number of aliphatic hydroxyl groups is 1. The van der Waals surface area contributed by atoms with Crippen LogP contribution in [0.25, 0.3) is 0 Å². The molecule has 1 saturated heterocycles. The van der Waals surface area contributed by atoms with Gasteiger partial charge in [0.15, 0.2) is 6.35 Å². The Morgan fingerprint density at radius 3 is 3.05 bits per heavy atom. The second kappa shape index (κ2) is 4.74. The van der Waals surface area contributed by atoms with Crippen LogP contribution >= 0.6 is 15.9 Å². The second-order valence-corrected chi connectivity index (χ2v) is 6.24. The van der Waals surface area contributed by atoms with Crippen molar-refractivity contribution < 1.29 is 9.84 Å². The molecule has 2 unspecified atom stereocenters. The Balaban J connectivity index is 2.18. The van der Waals surface area contributed by atoms with Gasteiger partial charge in [0.05, 0.1) is 12.1 Å². The van der Waals surface area contributed by atoms with Gasteiger partial charge in [0, 0.05) is 16.7 Å². The van der Waals surface area contributed by atoms with E-state index >= 15 is 0 Å². The van der Waals surface area contributed by atoms with Crippen LogP contribution in [0.3, 0.4) is 0 Å². The molecule has 0 spiro atoms. The van der Waals surface area contributed by atoms with Crippen LogP contribution in [0.1, 0.15) is 25.8 Å². The van der Waals surface area contributed by atoms with Gasteiger partial charge >= 0.3 is 0 Å². The largest absolute Gasteiger partial charge is 0.366 e. The molecule has 1 aromatic carbocycles. The summed E-state index contributed by atoms with van der Waals surface area (Å²) in [5, 5.41) is 10.6. The van der Waals surface area contributed by atoms with Gasteiger partial charge in [-0.1, -0.05) is 15.9 Å². The van der Waals surface area contributed by atoms with Crippen molar-refractivity contribution in [2.24, 2.45) is 0 Å². The molecule has 3 rings (SSSR count). The molecule has 2 atom stereocenters. The highest BCUT2D eigenvalue weighted by molar-refractivity contribution is 9.10. The van der Waals surface area contributed by atoms with Crippen LogP contribution < -0.4 is 4.90 Å². The lowest BCUT2D eigenvalue weighted by Gasteiger charge is -2.54. The third-order valence-electron chi connectivity index (χ3n) is 4.34. The molecule has 2 aliphatic rings. The van der Waals surface area contributed by atoms with E-state index in [1.165, 1.54) is 5.56 Å². The number of anilines is 1. The van der Waals surface area contributed by atoms with Crippen molar-refractivity contribution >= 4 is 21.6 Å². The topological polar surface area (TPSA) is 35.9 Å². The van der Waals surface area contributed by atoms with Crippen LogP contribution in [0.2, 0.25) is 0 Å². The molecule has 0 aliphatic carbocycles. The summed E-state index contributed by atoms with van der Waals surface area (Å²) in [5.74, 6) is 0. The Hall–Kier alpha value is -0.620. The third kappa shape index (κ3) is 1.91. The number of rotatable bonds is 1. The Morgan fingerprint density at radius 2 is 2.32 bits per heavy atom. The fourth-order valence-electron chi connectivity index (χ4n) is 3.15. The van der Waals surface area contributed by atoms with Crippen LogP contribution in [0.4, 0.5) is 5.69 Å². The molecule has 1 fully saturated rings. The molecular weight excluding hydrogens is 308 g/mol. The van der Waals surface area contributed by atoms with Gasteiger partial charge in [-0.3, -0.25) is 0 Å². The Bertz CT molecular complexity index is 496. The molecule has 0 amide bonds. The van der Waals surface area contributed by atoms with Crippen molar-refractivity contribution in [1.29, 1.82) is 0 Å². The number of fused-ring (bicyclic) bond motifs is 3. The number of aliphatic hydroxyl groups excluding tert-OH is 1. The molecule has 4 nitrogen and oxygen atoms in total. The first kappa shape index (κ1) is 13.4. The highest BCUT2D eigenvalue weighted by atomic mass is 79.9. The Labute approximate surface area is 122 Å². The van der Waals surface area contributed by atoms with Gasteiger partial charge in [0.25, 0.3) is 0 Å². The molecule has 1 aromatic rings. The summed E-state index contributed by atoms with van der Waals surface area (Å²) < 4.78 is 6.62. The monoisotopic (exact) mass is 326 g/mol. The van der Waals surface area contributed by atoms with E-state index in [0.717, 1.165) is 29.7 Å². The summed E-state index contributed by atoms with van der Waals surface area (Å²) in [7, 11) is 0. The summed E-state index contributed by atoms with van der Waals surface area (Å²) in [6.07, 6.45) is 0.273. The van der Waals surface area contributed by atoms with Crippen LogP contribution in [-0.4, -0.2) is 36.2 Å². The first-order chi connectivity index (χ1) is 9.08. The lowest BCUT2D eigenvalue weighted by Crippen LogP contribution is -2.63. The minimum Gasteiger partial charge on any atom is -0.366 e. The predicted octanol–water partition coefficient (Wildman–Crippen LogP) is 2.46. The van der Waals surface area contributed by atoms with Gasteiger partial charge in [-0.2, -0.15) is 0 Å². The van der Waals surface area contributed by atoms with Crippen molar-refractivity contribution in [3.05, 3.63) is 28.2 Å². The molecule has 104 valence electrons. The summed E-state index contributed by atoms with van der Waals surface area (Å²) >= 11 is 3.56. The number of hydrogen-bond donors (Lipinski definition) is 1. The fourth-order valence-corrected chi connectivity index (χ4v) is 3.51. The highest BCUT2D eigenvalue weighted by Gasteiger charge is 2.47. The predicted molar refractivity (Wildman–Crippen MR) is 77.8 cm³/mol. The van der Waals surface area contributed by atoms with E-state index in [1.54, 1.807) is 0 Å². The normalized spacial score (nSPS) is 30.9. The van der Waals surface area contributed by atoms with Gasteiger partial charge in [-0.05, 0) is 44.0 Å². The summed E-state index contributed by atoms with van der Waals surface area (Å²) in [6, 6.07) is 6.29. The van der Waals surface area contributed by atoms with Crippen LogP contribution in [0.15, 0.2) is 22.7 Å². The average molecular weight is 327 g/mol. The Kier molecular flexibility index (Phi) is 3.33. The van der Waals surface area contributed by atoms with E-state index in [9.17, 15) is 5.11 Å². The molecule has 19 heavy (non-hydrogen) atoms. The van der Waals surface area contributed by atoms with E-state index in [4.69, 9.17) is 4.74 Å². The standard InChI is InChI=1S/C14H19BrN2O2/c1-3-16-12-5-4-10(15)8-11(12)14(2)6-7-19-9-17(14)13(16)18/h4-5,8,13,18H,3,6-7,9H2,1-2H3. The van der Waals surface area contributed by atoms with Gasteiger partial charge in [-0.25, -0.2) is 4.90 Å². The lowest BCUT2D eigenvalue weighted by molar-refractivity contribution is -0.173. The van der Waals surface area contributed by atoms with Gasteiger partial charge in [0.2, 0.25) is 0 Å². The zero-order chi connectivity index (χ0) is 13.6. The van der Waals surface area contributed by atoms with E-state index in [2.05, 4.69) is 41.9 Å². The van der Waals surface area contributed by atoms with Gasteiger partial charge < -0.3 is 14.7 Å². The fraction of sp³-hybridized carbons (Fsp3) is 0.571. The van der Waals surface area contributed by atoms with E-state index in [-0.39, 0.29) is 5.54 Å². The van der Waals surface area contributed by atoms with Crippen molar-refractivity contribution in [2.45, 2.75) is 32.2 Å². The maximum Gasteiger partial charge on any atom is 0.189 e. The maximum atomic E-state index is 10.6. The van der Waals surface area contributed by atoms with Crippen molar-refractivity contribution in [1.82, 2.24) is 4.90 Å². The quantitative estimate of drug-likeness (QED) is 0.860. The second-order valence-electron chi connectivity index (χ2n) is 5.32. The van der Waals surface area contributed by atoms with E-state index in [0.29, 0.717) is 6.73 Å².